The summed E-state index contributed by atoms with van der Waals surface area (Å²) in [6.45, 7) is 11.2. The zero-order chi connectivity index (χ0) is 33.4. The van der Waals surface area contributed by atoms with Crippen molar-refractivity contribution in [3.8, 4) is 0 Å². The molecule has 3 atom stereocenters. The molecule has 0 aliphatic rings. The van der Waals surface area contributed by atoms with Gasteiger partial charge in [-0.1, -0.05) is 163 Å². The van der Waals surface area contributed by atoms with Crippen LogP contribution in [0.2, 0.25) is 0 Å². The number of hydrogen-bond acceptors (Lipinski definition) is 6. The minimum absolute atomic E-state index is 0.0685. The molecule has 0 aromatic heterocycles. The first-order valence-corrected chi connectivity index (χ1v) is 19.3. The molecular formula is C39H74O6. The van der Waals surface area contributed by atoms with E-state index in [-0.39, 0.29) is 31.1 Å². The smallest absolute Gasteiger partial charge is 0.306 e. The Hall–Kier alpha value is -1.59. The van der Waals surface area contributed by atoms with Gasteiger partial charge in [0, 0.05) is 19.3 Å². The van der Waals surface area contributed by atoms with Crippen molar-refractivity contribution in [2.24, 2.45) is 11.8 Å². The highest BCUT2D eigenvalue weighted by molar-refractivity contribution is 5.71. The molecule has 0 aliphatic carbocycles. The van der Waals surface area contributed by atoms with Gasteiger partial charge in [-0.2, -0.15) is 0 Å². The van der Waals surface area contributed by atoms with Crippen molar-refractivity contribution >= 4 is 17.9 Å². The van der Waals surface area contributed by atoms with Gasteiger partial charge in [-0.3, -0.25) is 14.4 Å². The van der Waals surface area contributed by atoms with E-state index in [2.05, 4.69) is 34.6 Å². The molecule has 0 spiro atoms. The SMILES string of the molecule is CCCCCCCC(=O)O[C@@H](COC(=O)CCCCCCCCCCC(C)CC)COC(=O)CCCCCCCCC(C)CC. The van der Waals surface area contributed by atoms with Crippen molar-refractivity contribution in [3.05, 3.63) is 0 Å². The molecule has 0 amide bonds. The molecule has 0 fully saturated rings. The predicted molar refractivity (Wildman–Crippen MR) is 187 cm³/mol. The lowest BCUT2D eigenvalue weighted by Crippen LogP contribution is -2.30. The van der Waals surface area contributed by atoms with Gasteiger partial charge < -0.3 is 14.2 Å². The second-order valence-electron chi connectivity index (χ2n) is 13.7. The molecule has 0 aromatic rings. The van der Waals surface area contributed by atoms with Gasteiger partial charge in [0.25, 0.3) is 0 Å². The summed E-state index contributed by atoms with van der Waals surface area (Å²) in [4.78, 5) is 37.2. The van der Waals surface area contributed by atoms with Crippen LogP contribution in [0.1, 0.15) is 202 Å². The number of hydrogen-bond donors (Lipinski definition) is 0. The maximum atomic E-state index is 12.4. The van der Waals surface area contributed by atoms with E-state index in [1.807, 2.05) is 0 Å². The molecule has 6 nitrogen and oxygen atoms in total. The highest BCUT2D eigenvalue weighted by Gasteiger charge is 2.19. The van der Waals surface area contributed by atoms with Crippen LogP contribution < -0.4 is 0 Å². The third-order valence-corrected chi connectivity index (χ3v) is 9.19. The predicted octanol–water partition coefficient (Wildman–Crippen LogP) is 11.5. The third-order valence-electron chi connectivity index (χ3n) is 9.19. The fourth-order valence-electron chi connectivity index (χ4n) is 5.45. The molecule has 6 heteroatoms. The van der Waals surface area contributed by atoms with Crippen LogP contribution in [0.25, 0.3) is 0 Å². The molecule has 2 unspecified atom stereocenters. The maximum absolute atomic E-state index is 12.4. The summed E-state index contributed by atoms with van der Waals surface area (Å²) < 4.78 is 16.5. The Balaban J connectivity index is 4.27. The second-order valence-corrected chi connectivity index (χ2v) is 13.7. The molecule has 0 rings (SSSR count). The normalized spacial score (nSPS) is 13.3. The Bertz CT molecular complexity index is 693. The van der Waals surface area contributed by atoms with E-state index >= 15 is 0 Å². The van der Waals surface area contributed by atoms with Gasteiger partial charge in [-0.05, 0) is 31.1 Å². The summed E-state index contributed by atoms with van der Waals surface area (Å²) in [7, 11) is 0. The minimum Gasteiger partial charge on any atom is -0.462 e. The molecule has 0 aromatic carbocycles. The standard InChI is InChI=1S/C39H74O6/c1-6-9-10-17-26-31-39(42)45-36(33-44-38(41)30-25-21-16-15-19-23-28-35(5)8-3)32-43-37(40)29-24-20-14-12-11-13-18-22-27-34(4)7-2/h34-36H,6-33H2,1-5H3/t34?,35?,36-/m0/s1. The van der Waals surface area contributed by atoms with E-state index in [1.54, 1.807) is 0 Å². The number of ether oxygens (including phenoxy) is 3. The van der Waals surface area contributed by atoms with Gasteiger partial charge in [0.1, 0.15) is 13.2 Å². The number of esters is 3. The lowest BCUT2D eigenvalue weighted by atomic mass is 9.99. The van der Waals surface area contributed by atoms with E-state index in [9.17, 15) is 14.4 Å². The van der Waals surface area contributed by atoms with Gasteiger partial charge in [0.15, 0.2) is 6.10 Å². The van der Waals surface area contributed by atoms with E-state index in [1.165, 1.54) is 83.5 Å². The summed E-state index contributed by atoms with van der Waals surface area (Å²) in [5.41, 5.74) is 0. The number of unbranched alkanes of at least 4 members (excludes halogenated alkanes) is 16. The Morgan fingerprint density at radius 2 is 0.778 bits per heavy atom. The van der Waals surface area contributed by atoms with Crippen LogP contribution in [-0.4, -0.2) is 37.2 Å². The van der Waals surface area contributed by atoms with Crippen molar-refractivity contribution in [1.82, 2.24) is 0 Å². The molecular weight excluding hydrogens is 564 g/mol. The highest BCUT2D eigenvalue weighted by Crippen LogP contribution is 2.16. The van der Waals surface area contributed by atoms with Gasteiger partial charge in [-0.15, -0.1) is 0 Å². The van der Waals surface area contributed by atoms with Crippen LogP contribution in [0.4, 0.5) is 0 Å². The first-order chi connectivity index (χ1) is 21.8. The molecule has 45 heavy (non-hydrogen) atoms. The van der Waals surface area contributed by atoms with Crippen LogP contribution in [0.3, 0.4) is 0 Å². The molecule has 0 heterocycles. The van der Waals surface area contributed by atoms with Gasteiger partial charge >= 0.3 is 17.9 Å². The van der Waals surface area contributed by atoms with Crippen molar-refractivity contribution in [2.75, 3.05) is 13.2 Å². The van der Waals surface area contributed by atoms with Crippen LogP contribution in [0.15, 0.2) is 0 Å². The van der Waals surface area contributed by atoms with Crippen molar-refractivity contribution in [3.63, 3.8) is 0 Å². The summed E-state index contributed by atoms with van der Waals surface area (Å²) >= 11 is 0. The van der Waals surface area contributed by atoms with Crippen LogP contribution in [-0.2, 0) is 28.6 Å². The Labute approximate surface area is 278 Å². The van der Waals surface area contributed by atoms with E-state index in [4.69, 9.17) is 14.2 Å². The molecule has 0 N–H and O–H groups in total. The Morgan fingerprint density at radius 3 is 1.16 bits per heavy atom. The monoisotopic (exact) mass is 639 g/mol. The average Bonchev–Trinajstić information content (AvgIpc) is 3.03. The Kier molecular flexibility index (Phi) is 31.2. The number of rotatable bonds is 33. The van der Waals surface area contributed by atoms with Crippen molar-refractivity contribution in [1.29, 1.82) is 0 Å². The largest absolute Gasteiger partial charge is 0.462 e. The first-order valence-electron chi connectivity index (χ1n) is 19.3. The van der Waals surface area contributed by atoms with E-state index < -0.39 is 6.10 Å². The van der Waals surface area contributed by atoms with Crippen LogP contribution >= 0.6 is 0 Å². The van der Waals surface area contributed by atoms with E-state index in [0.717, 1.165) is 76.0 Å². The quantitative estimate of drug-likeness (QED) is 0.0404. The third kappa shape index (κ3) is 30.8. The molecule has 0 bridgehead atoms. The van der Waals surface area contributed by atoms with Gasteiger partial charge in [0.05, 0.1) is 0 Å². The molecule has 266 valence electrons. The maximum Gasteiger partial charge on any atom is 0.306 e. The minimum atomic E-state index is -0.758. The summed E-state index contributed by atoms with van der Waals surface area (Å²) in [6, 6.07) is 0. The zero-order valence-electron chi connectivity index (χ0n) is 30.5. The van der Waals surface area contributed by atoms with Gasteiger partial charge in [0.2, 0.25) is 0 Å². The first kappa shape index (κ1) is 43.4. The highest BCUT2D eigenvalue weighted by atomic mass is 16.6. The summed E-state index contributed by atoms with van der Waals surface area (Å²) in [5, 5.41) is 0. The zero-order valence-corrected chi connectivity index (χ0v) is 30.5. The second kappa shape index (κ2) is 32.4. The Morgan fingerprint density at radius 1 is 0.444 bits per heavy atom. The summed E-state index contributed by atoms with van der Waals surface area (Å²) in [5.74, 6) is 0.777. The molecule has 0 radical (unpaired) electrons. The number of carbonyl (C=O) groups is 3. The fraction of sp³-hybridized carbons (Fsp3) is 0.923. The number of carbonyl (C=O) groups excluding carboxylic acids is 3. The van der Waals surface area contributed by atoms with E-state index in [0.29, 0.717) is 19.3 Å². The van der Waals surface area contributed by atoms with Gasteiger partial charge in [-0.25, -0.2) is 0 Å². The lowest BCUT2D eigenvalue weighted by Gasteiger charge is -2.18. The fourth-order valence-corrected chi connectivity index (χ4v) is 5.45. The van der Waals surface area contributed by atoms with Crippen LogP contribution in [0, 0.1) is 11.8 Å². The lowest BCUT2D eigenvalue weighted by molar-refractivity contribution is -0.167. The topological polar surface area (TPSA) is 78.9 Å². The van der Waals surface area contributed by atoms with Crippen molar-refractivity contribution < 1.29 is 28.6 Å². The molecule has 0 saturated carbocycles. The molecule has 0 saturated heterocycles. The van der Waals surface area contributed by atoms with Crippen molar-refractivity contribution in [2.45, 2.75) is 208 Å². The molecule has 0 aliphatic heterocycles. The average molecular weight is 639 g/mol. The van der Waals surface area contributed by atoms with Crippen LogP contribution in [0.5, 0.6) is 0 Å². The summed E-state index contributed by atoms with van der Waals surface area (Å²) in [6.07, 6.45) is 26.9.